The summed E-state index contributed by atoms with van der Waals surface area (Å²) in [5.74, 6) is 0.413. The normalized spacial score (nSPS) is 13.9. The highest BCUT2D eigenvalue weighted by molar-refractivity contribution is 5.95. The van der Waals surface area contributed by atoms with Crippen molar-refractivity contribution in [2.75, 3.05) is 43.1 Å². The first-order valence-corrected chi connectivity index (χ1v) is 9.38. The lowest BCUT2D eigenvalue weighted by atomic mass is 10.2. The minimum Gasteiger partial charge on any atom is -0.484 e. The van der Waals surface area contributed by atoms with Crippen molar-refractivity contribution in [2.45, 2.75) is 6.92 Å². The number of carbonyl (C=O) groups excluding carboxylic acids is 1. The second-order valence-electron chi connectivity index (χ2n) is 6.71. The summed E-state index contributed by atoms with van der Waals surface area (Å²) in [5.41, 5.74) is 3.49. The monoisotopic (exact) mass is 394 g/mol. The molecule has 29 heavy (non-hydrogen) atoms. The van der Waals surface area contributed by atoms with Crippen LogP contribution < -0.4 is 15.0 Å². The summed E-state index contributed by atoms with van der Waals surface area (Å²) in [6.45, 7) is 4.74. The van der Waals surface area contributed by atoms with E-state index in [1.54, 1.807) is 4.68 Å². The molecule has 1 amide bonds. The minimum atomic E-state index is -0.242. The summed E-state index contributed by atoms with van der Waals surface area (Å²) >= 11 is 0. The minimum absolute atomic E-state index is 0.0826. The van der Waals surface area contributed by atoms with Gasteiger partial charge in [-0.05, 0) is 47.7 Å². The quantitative estimate of drug-likeness (QED) is 0.681. The van der Waals surface area contributed by atoms with Crippen LogP contribution in [0.15, 0.2) is 48.8 Å². The van der Waals surface area contributed by atoms with Crippen molar-refractivity contribution in [1.29, 1.82) is 0 Å². The number of nitrogens with one attached hydrogen (secondary N) is 1. The van der Waals surface area contributed by atoms with Crippen LogP contribution in [-0.2, 0) is 9.53 Å². The number of nitrogens with zero attached hydrogens (tertiary/aromatic N) is 5. The third-order valence-corrected chi connectivity index (χ3v) is 4.61. The first kappa shape index (κ1) is 18.9. The number of carbonyl (C=O) groups is 1. The van der Waals surface area contributed by atoms with Crippen LogP contribution in [0.1, 0.15) is 5.56 Å². The number of aromatic nitrogens is 4. The molecule has 0 atom stereocenters. The lowest BCUT2D eigenvalue weighted by Gasteiger charge is -2.30. The average molecular weight is 394 g/mol. The Morgan fingerprint density at radius 2 is 1.97 bits per heavy atom. The number of aryl methyl sites for hydroxylation is 1. The molecule has 1 aromatic heterocycles. The summed E-state index contributed by atoms with van der Waals surface area (Å²) in [4.78, 5) is 14.7. The highest BCUT2D eigenvalue weighted by atomic mass is 16.5. The van der Waals surface area contributed by atoms with Crippen LogP contribution in [0, 0.1) is 6.92 Å². The maximum Gasteiger partial charge on any atom is 0.262 e. The largest absolute Gasteiger partial charge is 0.484 e. The molecule has 1 aliphatic heterocycles. The fourth-order valence-electron chi connectivity index (χ4n) is 3.10. The molecule has 0 saturated carbocycles. The van der Waals surface area contributed by atoms with Crippen LogP contribution >= 0.6 is 0 Å². The molecule has 2 aromatic carbocycles. The lowest BCUT2D eigenvalue weighted by molar-refractivity contribution is -0.118. The van der Waals surface area contributed by atoms with Gasteiger partial charge in [0.05, 0.1) is 30.3 Å². The third-order valence-electron chi connectivity index (χ3n) is 4.61. The average Bonchev–Trinajstić information content (AvgIpc) is 3.29. The number of hydrogen-bond acceptors (Lipinski definition) is 7. The Labute approximate surface area is 168 Å². The molecule has 0 aliphatic carbocycles. The highest BCUT2D eigenvalue weighted by Gasteiger charge is 2.17. The molecular formula is C20H22N6O3. The van der Waals surface area contributed by atoms with Gasteiger partial charge in [0, 0.05) is 13.1 Å². The van der Waals surface area contributed by atoms with Crippen LogP contribution in [0.2, 0.25) is 0 Å². The predicted molar refractivity (Wildman–Crippen MR) is 107 cm³/mol. The van der Waals surface area contributed by atoms with Crippen LogP contribution in [0.4, 0.5) is 11.4 Å². The van der Waals surface area contributed by atoms with E-state index in [0.717, 1.165) is 30.0 Å². The summed E-state index contributed by atoms with van der Waals surface area (Å²) in [6, 6.07) is 13.3. The van der Waals surface area contributed by atoms with Crippen LogP contribution in [0.5, 0.6) is 5.75 Å². The second-order valence-corrected chi connectivity index (χ2v) is 6.71. The molecule has 0 unspecified atom stereocenters. The summed E-state index contributed by atoms with van der Waals surface area (Å²) in [6.07, 6.45) is 1.51. The van der Waals surface area contributed by atoms with E-state index in [4.69, 9.17) is 9.47 Å². The van der Waals surface area contributed by atoms with Crippen molar-refractivity contribution in [2.24, 2.45) is 0 Å². The number of amides is 1. The van der Waals surface area contributed by atoms with E-state index < -0.39 is 0 Å². The number of morpholine rings is 1. The van der Waals surface area contributed by atoms with E-state index in [1.165, 1.54) is 6.33 Å². The summed E-state index contributed by atoms with van der Waals surface area (Å²) in [7, 11) is 0. The molecule has 0 radical (unpaired) electrons. The Balaban J connectivity index is 1.51. The summed E-state index contributed by atoms with van der Waals surface area (Å²) < 4.78 is 12.6. The van der Waals surface area contributed by atoms with E-state index in [9.17, 15) is 4.79 Å². The fourth-order valence-corrected chi connectivity index (χ4v) is 3.10. The van der Waals surface area contributed by atoms with Gasteiger partial charge in [0.15, 0.2) is 6.61 Å². The van der Waals surface area contributed by atoms with E-state index in [0.29, 0.717) is 24.7 Å². The highest BCUT2D eigenvalue weighted by Crippen LogP contribution is 2.29. The predicted octanol–water partition coefficient (Wildman–Crippen LogP) is 1.82. The van der Waals surface area contributed by atoms with Crippen molar-refractivity contribution < 1.29 is 14.3 Å². The zero-order valence-corrected chi connectivity index (χ0v) is 16.1. The molecule has 150 valence electrons. The number of rotatable bonds is 6. The van der Waals surface area contributed by atoms with E-state index in [2.05, 4.69) is 25.7 Å². The Bertz CT molecular complexity index is 953. The SMILES string of the molecule is Cc1ccc(OCC(=O)Nc2cc(-n3cnnn3)ccc2N2CCOCC2)cc1. The molecule has 1 saturated heterocycles. The standard InChI is InChI=1S/C20H22N6O3/c1-15-2-5-17(6-3-15)29-13-20(27)22-18-12-16(26-14-21-23-24-26)4-7-19(18)25-8-10-28-11-9-25/h2-7,12,14H,8-11,13H2,1H3,(H,22,27). The molecule has 3 aromatic rings. The van der Waals surface area contributed by atoms with E-state index in [1.807, 2.05) is 49.4 Å². The number of hydrogen-bond donors (Lipinski definition) is 1. The van der Waals surface area contributed by atoms with Gasteiger partial charge in [-0.3, -0.25) is 4.79 Å². The smallest absolute Gasteiger partial charge is 0.262 e. The van der Waals surface area contributed by atoms with Gasteiger partial charge in [0.1, 0.15) is 12.1 Å². The Hall–Kier alpha value is -3.46. The number of anilines is 2. The lowest BCUT2D eigenvalue weighted by Crippen LogP contribution is -2.37. The fraction of sp³-hybridized carbons (Fsp3) is 0.300. The van der Waals surface area contributed by atoms with Gasteiger partial charge in [-0.15, -0.1) is 5.10 Å². The van der Waals surface area contributed by atoms with Crippen molar-refractivity contribution in [3.8, 4) is 11.4 Å². The maximum absolute atomic E-state index is 12.6. The molecule has 0 spiro atoms. The Morgan fingerprint density at radius 3 is 2.69 bits per heavy atom. The van der Waals surface area contributed by atoms with E-state index in [-0.39, 0.29) is 12.5 Å². The van der Waals surface area contributed by atoms with Gasteiger partial charge >= 0.3 is 0 Å². The van der Waals surface area contributed by atoms with Crippen LogP contribution in [0.3, 0.4) is 0 Å². The zero-order chi connectivity index (χ0) is 20.1. The number of benzene rings is 2. The summed E-state index contributed by atoms with van der Waals surface area (Å²) in [5, 5.41) is 14.2. The molecule has 1 N–H and O–H groups in total. The first-order valence-electron chi connectivity index (χ1n) is 9.38. The first-order chi connectivity index (χ1) is 14.2. The van der Waals surface area contributed by atoms with Crippen molar-refractivity contribution in [3.05, 3.63) is 54.4 Å². The Kier molecular flexibility index (Phi) is 5.66. The molecule has 2 heterocycles. The number of tetrazole rings is 1. The van der Waals surface area contributed by atoms with Crippen molar-refractivity contribution in [1.82, 2.24) is 20.2 Å². The molecule has 0 bridgehead atoms. The molecule has 9 nitrogen and oxygen atoms in total. The molecular weight excluding hydrogens is 372 g/mol. The third kappa shape index (κ3) is 4.69. The second kappa shape index (κ2) is 8.70. The van der Waals surface area contributed by atoms with Crippen LogP contribution in [0.25, 0.3) is 5.69 Å². The van der Waals surface area contributed by atoms with Gasteiger partial charge in [0.2, 0.25) is 0 Å². The zero-order valence-electron chi connectivity index (χ0n) is 16.1. The van der Waals surface area contributed by atoms with Crippen molar-refractivity contribution >= 4 is 17.3 Å². The molecule has 4 rings (SSSR count). The van der Waals surface area contributed by atoms with Gasteiger partial charge in [-0.2, -0.15) is 0 Å². The number of ether oxygens (including phenoxy) is 2. The molecule has 9 heteroatoms. The molecule has 1 fully saturated rings. The van der Waals surface area contributed by atoms with Gasteiger partial charge < -0.3 is 19.7 Å². The van der Waals surface area contributed by atoms with Gasteiger partial charge in [0.25, 0.3) is 5.91 Å². The van der Waals surface area contributed by atoms with Gasteiger partial charge in [-0.25, -0.2) is 4.68 Å². The van der Waals surface area contributed by atoms with Gasteiger partial charge in [-0.1, -0.05) is 17.7 Å². The molecule has 1 aliphatic rings. The maximum atomic E-state index is 12.6. The Morgan fingerprint density at radius 1 is 1.17 bits per heavy atom. The van der Waals surface area contributed by atoms with E-state index >= 15 is 0 Å². The topological polar surface area (TPSA) is 94.4 Å². The van der Waals surface area contributed by atoms with Crippen LogP contribution in [-0.4, -0.2) is 59.0 Å². The van der Waals surface area contributed by atoms with Crippen molar-refractivity contribution in [3.63, 3.8) is 0 Å².